The van der Waals surface area contributed by atoms with Crippen molar-refractivity contribution in [3.8, 4) is 0 Å². The third-order valence-corrected chi connectivity index (χ3v) is 2.61. The quantitative estimate of drug-likeness (QED) is 0.629. The average molecular weight is 209 g/mol. The van der Waals surface area contributed by atoms with Gasteiger partial charge in [-0.3, -0.25) is 4.90 Å². The van der Waals surface area contributed by atoms with Gasteiger partial charge in [-0.05, 0) is 0 Å². The Hall–Kier alpha value is 0.130. The van der Waals surface area contributed by atoms with Gasteiger partial charge in [-0.2, -0.15) is 0 Å². The average Bonchev–Trinajstić information content (AvgIpc) is 2.53. The molecule has 0 aromatic heterocycles. The molecule has 13 heavy (non-hydrogen) atoms. The molecule has 5 heteroatoms. The molecule has 0 bridgehead atoms. The third-order valence-electron chi connectivity index (χ3n) is 2.61. The number of ether oxygens (including phenoxy) is 2. The van der Waals surface area contributed by atoms with Crippen LogP contribution < -0.4 is 5.73 Å². The number of rotatable bonds is 1. The highest BCUT2D eigenvalue weighted by Crippen LogP contribution is 2.12. The van der Waals surface area contributed by atoms with Gasteiger partial charge in [0.1, 0.15) is 0 Å². The molecule has 2 N–H and O–H groups in total. The standard InChI is InChI=1S/C8H16N2O2.ClH/c9-7-5-12-6-8(7)10-1-3-11-4-2-10;/h7-8H,1-6,9H2;1H/t7-,8-;/m0./s1. The molecule has 0 saturated carbocycles. The molecule has 0 aliphatic carbocycles. The first-order chi connectivity index (χ1) is 5.88. The first-order valence-electron chi connectivity index (χ1n) is 4.53. The van der Waals surface area contributed by atoms with Gasteiger partial charge in [-0.15, -0.1) is 12.4 Å². The van der Waals surface area contributed by atoms with Crippen LogP contribution in [0.1, 0.15) is 0 Å². The molecule has 0 amide bonds. The fraction of sp³-hybridized carbons (Fsp3) is 1.00. The Morgan fingerprint density at radius 2 is 1.77 bits per heavy atom. The number of nitrogens with two attached hydrogens (primary N) is 1. The van der Waals surface area contributed by atoms with Crippen LogP contribution in [-0.2, 0) is 9.47 Å². The highest BCUT2D eigenvalue weighted by Gasteiger charge is 2.30. The van der Waals surface area contributed by atoms with Crippen LogP contribution in [0.5, 0.6) is 0 Å². The van der Waals surface area contributed by atoms with Crippen molar-refractivity contribution in [2.75, 3.05) is 39.5 Å². The molecule has 2 heterocycles. The monoisotopic (exact) mass is 208 g/mol. The molecule has 4 nitrogen and oxygen atoms in total. The number of nitrogens with zero attached hydrogens (tertiary/aromatic N) is 1. The largest absolute Gasteiger partial charge is 0.379 e. The predicted molar refractivity (Wildman–Crippen MR) is 52.2 cm³/mol. The van der Waals surface area contributed by atoms with Crippen molar-refractivity contribution in [3.63, 3.8) is 0 Å². The highest BCUT2D eigenvalue weighted by atomic mass is 35.5. The second-order valence-electron chi connectivity index (χ2n) is 3.42. The predicted octanol–water partition coefficient (Wildman–Crippen LogP) is -0.534. The van der Waals surface area contributed by atoms with Gasteiger partial charge in [-0.25, -0.2) is 0 Å². The van der Waals surface area contributed by atoms with E-state index in [-0.39, 0.29) is 18.4 Å². The summed E-state index contributed by atoms with van der Waals surface area (Å²) >= 11 is 0. The van der Waals surface area contributed by atoms with E-state index >= 15 is 0 Å². The molecule has 2 aliphatic heterocycles. The van der Waals surface area contributed by atoms with Gasteiger partial charge in [0.25, 0.3) is 0 Å². The van der Waals surface area contributed by atoms with E-state index in [9.17, 15) is 0 Å². The molecule has 2 fully saturated rings. The van der Waals surface area contributed by atoms with E-state index < -0.39 is 0 Å². The fourth-order valence-corrected chi connectivity index (χ4v) is 1.84. The molecular formula is C8H17ClN2O2. The minimum atomic E-state index is 0. The topological polar surface area (TPSA) is 47.7 Å². The van der Waals surface area contributed by atoms with Gasteiger partial charge >= 0.3 is 0 Å². The van der Waals surface area contributed by atoms with Gasteiger partial charge in [0, 0.05) is 19.1 Å². The lowest BCUT2D eigenvalue weighted by Gasteiger charge is -2.33. The van der Waals surface area contributed by atoms with Gasteiger partial charge in [0.15, 0.2) is 0 Å². The van der Waals surface area contributed by atoms with Crippen molar-refractivity contribution >= 4 is 12.4 Å². The third kappa shape index (κ3) is 2.54. The van der Waals surface area contributed by atoms with Crippen molar-refractivity contribution in [3.05, 3.63) is 0 Å². The van der Waals surface area contributed by atoms with Crippen molar-refractivity contribution < 1.29 is 9.47 Å². The molecule has 2 atom stereocenters. The molecule has 0 aromatic carbocycles. The minimum absolute atomic E-state index is 0. The molecule has 78 valence electrons. The molecule has 0 unspecified atom stereocenters. The Balaban J connectivity index is 0.000000845. The zero-order valence-corrected chi connectivity index (χ0v) is 8.46. The molecule has 2 aliphatic rings. The maximum absolute atomic E-state index is 5.90. The van der Waals surface area contributed by atoms with Crippen LogP contribution in [0.3, 0.4) is 0 Å². The van der Waals surface area contributed by atoms with Crippen molar-refractivity contribution in [2.24, 2.45) is 5.73 Å². The summed E-state index contributed by atoms with van der Waals surface area (Å²) in [5.41, 5.74) is 5.90. The number of hydrogen-bond donors (Lipinski definition) is 1. The smallest absolute Gasteiger partial charge is 0.0638 e. The number of halogens is 1. The summed E-state index contributed by atoms with van der Waals surface area (Å²) in [6, 6.07) is 0.622. The van der Waals surface area contributed by atoms with Crippen LogP contribution in [0.2, 0.25) is 0 Å². The summed E-state index contributed by atoms with van der Waals surface area (Å²) in [6.07, 6.45) is 0. The van der Waals surface area contributed by atoms with E-state index in [2.05, 4.69) is 4.90 Å². The summed E-state index contributed by atoms with van der Waals surface area (Å²) in [7, 11) is 0. The summed E-state index contributed by atoms with van der Waals surface area (Å²) < 4.78 is 10.6. The molecular weight excluding hydrogens is 192 g/mol. The van der Waals surface area contributed by atoms with Crippen LogP contribution >= 0.6 is 12.4 Å². The van der Waals surface area contributed by atoms with Crippen LogP contribution in [0.25, 0.3) is 0 Å². The lowest BCUT2D eigenvalue weighted by atomic mass is 10.1. The Kier molecular flexibility index (Phi) is 4.41. The molecule has 0 spiro atoms. The van der Waals surface area contributed by atoms with Gasteiger partial charge in [0.05, 0.1) is 32.5 Å². The Bertz CT molecular complexity index is 153. The summed E-state index contributed by atoms with van der Waals surface area (Å²) in [4.78, 5) is 2.38. The molecule has 2 saturated heterocycles. The lowest BCUT2D eigenvalue weighted by Crippen LogP contribution is -2.51. The van der Waals surface area contributed by atoms with Gasteiger partial charge < -0.3 is 15.2 Å². The summed E-state index contributed by atoms with van der Waals surface area (Å²) in [5.74, 6) is 0. The zero-order valence-electron chi connectivity index (χ0n) is 7.65. The van der Waals surface area contributed by atoms with Crippen LogP contribution in [-0.4, -0.2) is 56.5 Å². The van der Waals surface area contributed by atoms with E-state index in [0.717, 1.165) is 32.9 Å². The van der Waals surface area contributed by atoms with Gasteiger partial charge in [0.2, 0.25) is 0 Å². The maximum atomic E-state index is 5.90. The van der Waals surface area contributed by atoms with E-state index in [4.69, 9.17) is 15.2 Å². The lowest BCUT2D eigenvalue weighted by molar-refractivity contribution is 0.0123. The minimum Gasteiger partial charge on any atom is -0.379 e. The second-order valence-corrected chi connectivity index (χ2v) is 3.42. The Labute approximate surface area is 84.8 Å². The van der Waals surface area contributed by atoms with E-state index in [0.29, 0.717) is 12.6 Å². The molecule has 2 rings (SSSR count). The normalized spacial score (nSPS) is 35.8. The van der Waals surface area contributed by atoms with E-state index in [1.165, 1.54) is 0 Å². The van der Waals surface area contributed by atoms with Crippen LogP contribution in [0.15, 0.2) is 0 Å². The second kappa shape index (κ2) is 5.12. The van der Waals surface area contributed by atoms with Crippen LogP contribution in [0, 0.1) is 0 Å². The number of morpholine rings is 1. The summed E-state index contributed by atoms with van der Waals surface area (Å²) in [6.45, 7) is 5.18. The highest BCUT2D eigenvalue weighted by molar-refractivity contribution is 5.85. The zero-order chi connectivity index (χ0) is 8.39. The van der Waals surface area contributed by atoms with Crippen molar-refractivity contribution in [1.29, 1.82) is 0 Å². The summed E-state index contributed by atoms with van der Waals surface area (Å²) in [5, 5.41) is 0. The first kappa shape index (κ1) is 11.2. The number of hydrogen-bond acceptors (Lipinski definition) is 4. The van der Waals surface area contributed by atoms with Gasteiger partial charge in [-0.1, -0.05) is 0 Å². The Morgan fingerprint density at radius 1 is 1.08 bits per heavy atom. The fourth-order valence-electron chi connectivity index (χ4n) is 1.84. The van der Waals surface area contributed by atoms with Crippen molar-refractivity contribution in [1.82, 2.24) is 4.90 Å². The van der Waals surface area contributed by atoms with Crippen molar-refractivity contribution in [2.45, 2.75) is 12.1 Å². The Morgan fingerprint density at radius 3 is 2.31 bits per heavy atom. The molecule has 0 aromatic rings. The molecule has 0 radical (unpaired) electrons. The van der Waals surface area contributed by atoms with Crippen LogP contribution in [0.4, 0.5) is 0 Å². The van der Waals surface area contributed by atoms with E-state index in [1.54, 1.807) is 0 Å². The van der Waals surface area contributed by atoms with E-state index in [1.807, 2.05) is 0 Å². The SMILES string of the molecule is Cl.N[C@H]1COC[C@@H]1N1CCOCC1. The maximum Gasteiger partial charge on any atom is 0.0638 e. The first-order valence-corrected chi connectivity index (χ1v) is 4.53.